The van der Waals surface area contributed by atoms with Gasteiger partial charge in [0.05, 0.1) is 25.3 Å². The molecule has 2 aromatic carbocycles. The SMILES string of the molecule is COC(=O)c1ccccc1/C=C(\O)C(=O)c1ccccc1C(=O)OC. The molecule has 0 aliphatic rings. The lowest BCUT2D eigenvalue weighted by molar-refractivity contribution is 0.0590. The summed E-state index contributed by atoms with van der Waals surface area (Å²) in [5.41, 5.74) is 0.552. The molecule has 0 amide bonds. The molecule has 0 bridgehead atoms. The second kappa shape index (κ2) is 7.92. The van der Waals surface area contributed by atoms with Crippen LogP contribution in [0.25, 0.3) is 6.08 Å². The highest BCUT2D eigenvalue weighted by Gasteiger charge is 2.20. The molecule has 128 valence electrons. The van der Waals surface area contributed by atoms with E-state index >= 15 is 0 Å². The molecule has 0 unspecified atom stereocenters. The van der Waals surface area contributed by atoms with Crippen LogP contribution in [0.15, 0.2) is 54.3 Å². The molecule has 0 aliphatic heterocycles. The van der Waals surface area contributed by atoms with E-state index in [0.717, 1.165) is 6.08 Å². The number of Topliss-reactive ketones (excluding diaryl/α,β-unsaturated/α-hetero) is 1. The van der Waals surface area contributed by atoms with Crippen LogP contribution in [0.1, 0.15) is 36.6 Å². The number of ketones is 1. The molecule has 0 heterocycles. The van der Waals surface area contributed by atoms with Gasteiger partial charge in [-0.25, -0.2) is 9.59 Å². The molecule has 6 nitrogen and oxygen atoms in total. The Hall–Kier alpha value is -3.41. The molecule has 0 aliphatic carbocycles. The molecule has 2 rings (SSSR count). The highest BCUT2D eigenvalue weighted by molar-refractivity contribution is 6.15. The van der Waals surface area contributed by atoms with Crippen molar-refractivity contribution < 1.29 is 29.0 Å². The van der Waals surface area contributed by atoms with Gasteiger partial charge in [-0.05, 0) is 23.8 Å². The maximum atomic E-state index is 12.5. The van der Waals surface area contributed by atoms with Crippen molar-refractivity contribution in [3.8, 4) is 0 Å². The molecule has 2 aromatic rings. The molecular weight excluding hydrogens is 324 g/mol. The third-order valence-corrected chi connectivity index (χ3v) is 3.47. The Bertz CT molecular complexity index is 850. The minimum Gasteiger partial charge on any atom is -0.504 e. The van der Waals surface area contributed by atoms with Crippen LogP contribution in [0.5, 0.6) is 0 Å². The maximum absolute atomic E-state index is 12.5. The number of hydrogen-bond acceptors (Lipinski definition) is 6. The number of aliphatic hydroxyl groups is 1. The van der Waals surface area contributed by atoms with Gasteiger partial charge in [-0.1, -0.05) is 36.4 Å². The summed E-state index contributed by atoms with van der Waals surface area (Å²) in [4.78, 5) is 36.0. The fraction of sp³-hybridized carbons (Fsp3) is 0.105. The zero-order chi connectivity index (χ0) is 18.4. The van der Waals surface area contributed by atoms with E-state index in [2.05, 4.69) is 9.47 Å². The van der Waals surface area contributed by atoms with Crippen LogP contribution < -0.4 is 0 Å². The van der Waals surface area contributed by atoms with Crippen molar-refractivity contribution in [1.29, 1.82) is 0 Å². The number of aliphatic hydroxyl groups excluding tert-OH is 1. The standard InChI is InChI=1S/C19H16O6/c1-24-18(22)13-8-4-3-7-12(13)11-16(20)17(21)14-9-5-6-10-15(14)19(23)25-2/h3-11,20H,1-2H3/b16-11-. The van der Waals surface area contributed by atoms with E-state index in [1.165, 1.54) is 32.4 Å². The molecule has 0 saturated carbocycles. The Morgan fingerprint density at radius 3 is 1.88 bits per heavy atom. The average Bonchev–Trinajstić information content (AvgIpc) is 2.66. The number of methoxy groups -OCH3 is 2. The molecule has 0 spiro atoms. The summed E-state index contributed by atoms with van der Waals surface area (Å²) in [6.07, 6.45) is 1.16. The highest BCUT2D eigenvalue weighted by Crippen LogP contribution is 2.18. The number of allylic oxidation sites excluding steroid dienone is 1. The fourth-order valence-electron chi connectivity index (χ4n) is 2.24. The number of rotatable bonds is 5. The van der Waals surface area contributed by atoms with Gasteiger partial charge in [-0.15, -0.1) is 0 Å². The molecule has 6 heteroatoms. The van der Waals surface area contributed by atoms with Gasteiger partial charge in [0.15, 0.2) is 5.76 Å². The Morgan fingerprint density at radius 2 is 1.28 bits per heavy atom. The zero-order valence-electron chi connectivity index (χ0n) is 13.7. The summed E-state index contributed by atoms with van der Waals surface area (Å²) in [5.74, 6) is -2.66. The number of esters is 2. The Kier molecular flexibility index (Phi) is 5.68. The van der Waals surface area contributed by atoms with E-state index in [9.17, 15) is 19.5 Å². The molecule has 25 heavy (non-hydrogen) atoms. The van der Waals surface area contributed by atoms with Gasteiger partial charge in [0.1, 0.15) is 0 Å². The van der Waals surface area contributed by atoms with Crippen LogP contribution in [0, 0.1) is 0 Å². The van der Waals surface area contributed by atoms with E-state index in [1.807, 2.05) is 0 Å². The van der Waals surface area contributed by atoms with E-state index in [4.69, 9.17) is 0 Å². The summed E-state index contributed by atoms with van der Waals surface area (Å²) in [6, 6.07) is 12.3. The van der Waals surface area contributed by atoms with Crippen LogP contribution in [-0.4, -0.2) is 37.0 Å². The van der Waals surface area contributed by atoms with Crippen molar-refractivity contribution in [2.24, 2.45) is 0 Å². The number of hydrogen-bond donors (Lipinski definition) is 1. The van der Waals surface area contributed by atoms with Crippen molar-refractivity contribution in [3.63, 3.8) is 0 Å². The van der Waals surface area contributed by atoms with E-state index in [1.54, 1.807) is 30.3 Å². The molecular formula is C19H16O6. The average molecular weight is 340 g/mol. The maximum Gasteiger partial charge on any atom is 0.338 e. The minimum absolute atomic E-state index is 0.00125. The number of benzene rings is 2. The van der Waals surface area contributed by atoms with Crippen LogP contribution in [-0.2, 0) is 9.47 Å². The summed E-state index contributed by atoms with van der Waals surface area (Å²) in [5, 5.41) is 10.2. The van der Waals surface area contributed by atoms with Crippen LogP contribution >= 0.6 is 0 Å². The van der Waals surface area contributed by atoms with Crippen LogP contribution in [0.2, 0.25) is 0 Å². The molecule has 0 aromatic heterocycles. The van der Waals surface area contributed by atoms with E-state index in [0.29, 0.717) is 5.56 Å². The first-order valence-corrected chi connectivity index (χ1v) is 7.29. The van der Waals surface area contributed by atoms with Gasteiger partial charge in [-0.3, -0.25) is 4.79 Å². The predicted molar refractivity (Wildman–Crippen MR) is 90.5 cm³/mol. The topological polar surface area (TPSA) is 89.9 Å². The van der Waals surface area contributed by atoms with Gasteiger partial charge in [0.2, 0.25) is 5.78 Å². The summed E-state index contributed by atoms with van der Waals surface area (Å²) in [7, 11) is 2.44. The van der Waals surface area contributed by atoms with Crippen LogP contribution in [0.4, 0.5) is 0 Å². The van der Waals surface area contributed by atoms with E-state index < -0.39 is 23.5 Å². The fourth-order valence-corrected chi connectivity index (χ4v) is 2.24. The molecule has 1 N–H and O–H groups in total. The van der Waals surface area contributed by atoms with Gasteiger partial charge in [0.25, 0.3) is 0 Å². The molecule has 0 fully saturated rings. The molecule has 0 radical (unpaired) electrons. The second-order valence-corrected chi connectivity index (χ2v) is 4.97. The van der Waals surface area contributed by atoms with Crippen molar-refractivity contribution >= 4 is 23.8 Å². The van der Waals surface area contributed by atoms with Crippen molar-refractivity contribution in [2.45, 2.75) is 0 Å². The summed E-state index contributed by atoms with van der Waals surface area (Å²) in [6.45, 7) is 0. The number of carbonyl (C=O) groups excluding carboxylic acids is 3. The molecule has 0 atom stereocenters. The highest BCUT2D eigenvalue weighted by atomic mass is 16.5. The van der Waals surface area contributed by atoms with E-state index in [-0.39, 0.29) is 16.7 Å². The van der Waals surface area contributed by atoms with Crippen molar-refractivity contribution in [1.82, 2.24) is 0 Å². The number of carbonyl (C=O) groups is 3. The lowest BCUT2D eigenvalue weighted by atomic mass is 10.0. The monoisotopic (exact) mass is 340 g/mol. The van der Waals surface area contributed by atoms with Gasteiger partial charge in [-0.2, -0.15) is 0 Å². The zero-order valence-corrected chi connectivity index (χ0v) is 13.7. The minimum atomic E-state index is -0.763. The van der Waals surface area contributed by atoms with Crippen LogP contribution in [0.3, 0.4) is 0 Å². The van der Waals surface area contributed by atoms with Gasteiger partial charge >= 0.3 is 11.9 Å². The third-order valence-electron chi connectivity index (χ3n) is 3.47. The first kappa shape index (κ1) is 17.9. The van der Waals surface area contributed by atoms with Crippen molar-refractivity contribution in [3.05, 3.63) is 76.5 Å². The summed E-state index contributed by atoms with van der Waals surface area (Å²) >= 11 is 0. The predicted octanol–water partition coefficient (Wildman–Crippen LogP) is 3.04. The lowest BCUT2D eigenvalue weighted by Gasteiger charge is -2.07. The molecule has 0 saturated heterocycles. The first-order valence-electron chi connectivity index (χ1n) is 7.29. The largest absolute Gasteiger partial charge is 0.504 e. The Labute approximate surface area is 144 Å². The van der Waals surface area contributed by atoms with Gasteiger partial charge in [0, 0.05) is 5.56 Å². The first-order chi connectivity index (χ1) is 12.0. The Balaban J connectivity index is 2.44. The lowest BCUT2D eigenvalue weighted by Crippen LogP contribution is -2.12. The second-order valence-electron chi connectivity index (χ2n) is 4.97. The summed E-state index contributed by atoms with van der Waals surface area (Å²) < 4.78 is 9.31. The number of ether oxygens (including phenoxy) is 2. The quantitative estimate of drug-likeness (QED) is 0.389. The Morgan fingerprint density at radius 1 is 0.800 bits per heavy atom. The van der Waals surface area contributed by atoms with Gasteiger partial charge < -0.3 is 14.6 Å². The normalized spacial score (nSPS) is 10.9. The van der Waals surface area contributed by atoms with Crippen molar-refractivity contribution in [2.75, 3.05) is 14.2 Å². The smallest absolute Gasteiger partial charge is 0.338 e. The third kappa shape index (κ3) is 3.92.